The third-order valence-electron chi connectivity index (χ3n) is 5.03. The molecule has 8 heteroatoms. The lowest BCUT2D eigenvalue weighted by atomic mass is 9.75. The van der Waals surface area contributed by atoms with E-state index < -0.39 is 5.92 Å². The van der Waals surface area contributed by atoms with Gasteiger partial charge >= 0.3 is 0 Å². The quantitative estimate of drug-likeness (QED) is 0.750. The molecule has 1 aromatic carbocycles. The van der Waals surface area contributed by atoms with Gasteiger partial charge < -0.3 is 5.73 Å². The van der Waals surface area contributed by atoms with Gasteiger partial charge in [0.1, 0.15) is 5.82 Å². The zero-order chi connectivity index (χ0) is 19.1. The molecule has 4 rings (SSSR count). The minimum Gasteiger partial charge on any atom is -0.384 e. The number of carbonyl (C=O) groups is 1. The van der Waals surface area contributed by atoms with Crippen molar-refractivity contribution in [3.8, 4) is 6.07 Å². The number of rotatable bonds is 2. The second kappa shape index (κ2) is 6.76. The SMILES string of the molecule is Cc1ccccc1C1C(C#N)=C(N)N(c2n[nH]c(=S)s2)C2=C1C(=O)CCC2. The van der Waals surface area contributed by atoms with Crippen molar-refractivity contribution >= 4 is 34.5 Å². The van der Waals surface area contributed by atoms with E-state index in [1.807, 2.05) is 31.2 Å². The van der Waals surface area contributed by atoms with Gasteiger partial charge in [-0.2, -0.15) is 5.26 Å². The molecule has 1 atom stereocenters. The van der Waals surface area contributed by atoms with Crippen LogP contribution in [0.1, 0.15) is 36.3 Å². The summed E-state index contributed by atoms with van der Waals surface area (Å²) in [5, 5.41) is 17.5. The van der Waals surface area contributed by atoms with Crippen LogP contribution in [0.25, 0.3) is 0 Å². The van der Waals surface area contributed by atoms with E-state index in [0.29, 0.717) is 38.9 Å². The van der Waals surface area contributed by atoms with Gasteiger partial charge in [-0.25, -0.2) is 0 Å². The molecule has 0 saturated heterocycles. The van der Waals surface area contributed by atoms with E-state index in [-0.39, 0.29) is 5.78 Å². The Morgan fingerprint density at radius 3 is 2.85 bits per heavy atom. The molecule has 1 aliphatic heterocycles. The molecule has 27 heavy (non-hydrogen) atoms. The Balaban J connectivity index is 2.01. The third kappa shape index (κ3) is 2.80. The maximum absolute atomic E-state index is 13.0. The highest BCUT2D eigenvalue weighted by atomic mass is 32.1. The summed E-state index contributed by atoms with van der Waals surface area (Å²) in [7, 11) is 0. The van der Waals surface area contributed by atoms with Crippen molar-refractivity contribution < 1.29 is 4.79 Å². The maximum Gasteiger partial charge on any atom is 0.216 e. The first-order chi connectivity index (χ1) is 13.0. The number of H-pyrrole nitrogens is 1. The number of hydrogen-bond acceptors (Lipinski definition) is 7. The van der Waals surface area contributed by atoms with Gasteiger partial charge in [-0.3, -0.25) is 14.8 Å². The van der Waals surface area contributed by atoms with Crippen LogP contribution in [0.5, 0.6) is 0 Å². The van der Waals surface area contributed by atoms with E-state index in [1.54, 1.807) is 4.90 Å². The topological polar surface area (TPSA) is 98.8 Å². The van der Waals surface area contributed by atoms with Crippen molar-refractivity contribution in [2.45, 2.75) is 32.1 Å². The lowest BCUT2D eigenvalue weighted by Crippen LogP contribution is -2.38. The third-order valence-corrected chi connectivity index (χ3v) is 6.11. The average Bonchev–Trinajstić information content (AvgIpc) is 3.07. The molecule has 136 valence electrons. The van der Waals surface area contributed by atoms with Gasteiger partial charge in [-0.05, 0) is 43.1 Å². The highest BCUT2D eigenvalue weighted by Gasteiger charge is 2.41. The molecule has 0 spiro atoms. The summed E-state index contributed by atoms with van der Waals surface area (Å²) in [6.45, 7) is 1.99. The predicted molar refractivity (Wildman–Crippen MR) is 106 cm³/mol. The lowest BCUT2D eigenvalue weighted by Gasteiger charge is -2.38. The Hall–Kier alpha value is -2.76. The predicted octanol–water partition coefficient (Wildman–Crippen LogP) is 3.81. The van der Waals surface area contributed by atoms with Gasteiger partial charge in [0.2, 0.25) is 5.13 Å². The molecule has 0 amide bonds. The van der Waals surface area contributed by atoms with Crippen LogP contribution in [-0.4, -0.2) is 16.0 Å². The average molecular weight is 396 g/mol. The molecule has 3 N–H and O–H groups in total. The number of allylic oxidation sites excluding steroid dienone is 3. The van der Waals surface area contributed by atoms with E-state index in [1.165, 1.54) is 11.3 Å². The van der Waals surface area contributed by atoms with E-state index in [2.05, 4.69) is 16.3 Å². The molecule has 0 radical (unpaired) electrons. The number of aromatic amines is 1. The monoisotopic (exact) mass is 395 g/mol. The second-order valence-corrected chi connectivity index (χ2v) is 8.21. The largest absolute Gasteiger partial charge is 0.384 e. The number of aromatic nitrogens is 2. The van der Waals surface area contributed by atoms with E-state index in [0.717, 1.165) is 23.2 Å². The molecule has 1 aliphatic carbocycles. The van der Waals surface area contributed by atoms with Gasteiger partial charge in [0.25, 0.3) is 0 Å². The van der Waals surface area contributed by atoms with Crippen LogP contribution in [0.3, 0.4) is 0 Å². The molecule has 0 bridgehead atoms. The first-order valence-electron chi connectivity index (χ1n) is 8.60. The molecule has 0 fully saturated rings. The zero-order valence-electron chi connectivity index (χ0n) is 14.7. The van der Waals surface area contributed by atoms with Crippen molar-refractivity contribution in [2.24, 2.45) is 5.73 Å². The number of nitrogens with zero attached hydrogens (tertiary/aromatic N) is 3. The summed E-state index contributed by atoms with van der Waals surface area (Å²) in [5.74, 6) is -0.0620. The first kappa shape index (κ1) is 17.6. The fraction of sp³-hybridized carbons (Fsp3) is 0.263. The summed E-state index contributed by atoms with van der Waals surface area (Å²) < 4.78 is 0.515. The highest BCUT2D eigenvalue weighted by molar-refractivity contribution is 7.73. The number of benzene rings is 1. The Labute approximate surface area is 165 Å². The van der Waals surface area contributed by atoms with Crippen LogP contribution >= 0.6 is 23.6 Å². The standard InChI is InChI=1S/C19H17N5OS2/c1-10-5-2-3-6-11(10)15-12(9-20)17(21)24(18-22-23-19(26)27-18)13-7-4-8-14(25)16(13)15/h2-3,5-6,15H,4,7-8,21H2,1H3,(H,23,26). The van der Waals surface area contributed by atoms with Crippen molar-refractivity contribution in [2.75, 3.05) is 4.90 Å². The molecule has 6 nitrogen and oxygen atoms in total. The Bertz CT molecular complexity index is 1100. The van der Waals surface area contributed by atoms with Crippen molar-refractivity contribution in [1.82, 2.24) is 10.2 Å². The van der Waals surface area contributed by atoms with Crippen molar-refractivity contribution in [3.63, 3.8) is 0 Å². The van der Waals surface area contributed by atoms with Gasteiger partial charge in [0.15, 0.2) is 9.74 Å². The Morgan fingerprint density at radius 2 is 2.19 bits per heavy atom. The molecule has 2 aromatic rings. The first-order valence-corrected chi connectivity index (χ1v) is 9.82. The number of anilines is 1. The van der Waals surface area contributed by atoms with Crippen molar-refractivity contribution in [1.29, 1.82) is 5.26 Å². The van der Waals surface area contributed by atoms with E-state index >= 15 is 0 Å². The van der Waals surface area contributed by atoms with Crippen LogP contribution in [0.2, 0.25) is 0 Å². The van der Waals surface area contributed by atoms with Gasteiger partial charge in [-0.1, -0.05) is 35.6 Å². The number of hydrogen-bond donors (Lipinski definition) is 2. The van der Waals surface area contributed by atoms with E-state index in [4.69, 9.17) is 18.0 Å². The zero-order valence-corrected chi connectivity index (χ0v) is 16.3. The van der Waals surface area contributed by atoms with Gasteiger partial charge in [0.05, 0.1) is 17.6 Å². The summed E-state index contributed by atoms with van der Waals surface area (Å²) in [4.78, 5) is 14.7. The van der Waals surface area contributed by atoms with Crippen LogP contribution in [0.15, 0.2) is 46.9 Å². The normalized spacial score (nSPS) is 19.9. The Morgan fingerprint density at radius 1 is 1.41 bits per heavy atom. The number of ketones is 1. The Kier molecular flexibility index (Phi) is 4.42. The van der Waals surface area contributed by atoms with Gasteiger partial charge in [-0.15, -0.1) is 5.10 Å². The van der Waals surface area contributed by atoms with Crippen molar-refractivity contribution in [3.05, 3.63) is 62.0 Å². The summed E-state index contributed by atoms with van der Waals surface area (Å²) in [6, 6.07) is 10.1. The minimum atomic E-state index is -0.442. The molecular weight excluding hydrogens is 378 g/mol. The molecule has 2 heterocycles. The highest BCUT2D eigenvalue weighted by Crippen LogP contribution is 2.46. The number of carbonyl (C=O) groups excluding carboxylic acids is 1. The fourth-order valence-corrected chi connectivity index (χ4v) is 4.76. The lowest BCUT2D eigenvalue weighted by molar-refractivity contribution is -0.116. The summed E-state index contributed by atoms with van der Waals surface area (Å²) >= 11 is 6.43. The maximum atomic E-state index is 13.0. The van der Waals surface area contributed by atoms with Crippen LogP contribution in [0.4, 0.5) is 5.13 Å². The molecule has 2 aliphatic rings. The summed E-state index contributed by atoms with van der Waals surface area (Å²) in [5.41, 5.74) is 10.3. The van der Waals surface area contributed by atoms with Crippen LogP contribution in [0, 0.1) is 22.2 Å². The molecule has 1 unspecified atom stereocenters. The molecular formula is C19H17N5OS2. The van der Waals surface area contributed by atoms with Crippen LogP contribution < -0.4 is 10.6 Å². The number of nitrogens with two attached hydrogens (primary N) is 1. The summed E-state index contributed by atoms with van der Waals surface area (Å²) in [6.07, 6.45) is 1.93. The fourth-order valence-electron chi connectivity index (χ4n) is 3.84. The number of Topliss-reactive ketones (excluding diaryl/α,β-unsaturated/α-hetero) is 1. The number of nitriles is 1. The molecule has 0 saturated carbocycles. The number of nitrogens with one attached hydrogen (secondary N) is 1. The second-order valence-electron chi connectivity index (χ2n) is 6.57. The van der Waals surface area contributed by atoms with Gasteiger partial charge in [0, 0.05) is 17.7 Å². The molecule has 1 aromatic heterocycles. The van der Waals surface area contributed by atoms with E-state index in [9.17, 15) is 10.1 Å². The minimum absolute atomic E-state index is 0.0638. The smallest absolute Gasteiger partial charge is 0.216 e. The van der Waals surface area contributed by atoms with Crippen LogP contribution in [-0.2, 0) is 4.79 Å². The number of aryl methyl sites for hydroxylation is 1.